The highest BCUT2D eigenvalue weighted by Crippen LogP contribution is 2.24. The minimum Gasteiger partial charge on any atom is -0.397 e. The minimum absolute atomic E-state index is 0.163. The topological polar surface area (TPSA) is 74.0 Å². The van der Waals surface area contributed by atoms with E-state index in [2.05, 4.69) is 80.9 Å². The number of hydrogen-bond donors (Lipinski definition) is 2. The molecule has 3 N–H and O–H groups in total. The summed E-state index contributed by atoms with van der Waals surface area (Å²) in [5.41, 5.74) is 11.5. The fraction of sp³-hybridized carbons (Fsp3) is 0.357. The third kappa shape index (κ3) is 5.87. The summed E-state index contributed by atoms with van der Waals surface area (Å²) < 4.78 is 0. The molecule has 0 atom stereocenters. The van der Waals surface area contributed by atoms with Crippen LogP contribution in [0.4, 0.5) is 22.7 Å². The summed E-state index contributed by atoms with van der Waals surface area (Å²) in [5.74, 6) is -0.163. The van der Waals surface area contributed by atoms with Crippen LogP contribution in [-0.2, 0) is 4.79 Å². The van der Waals surface area contributed by atoms with E-state index in [-0.39, 0.29) is 5.78 Å². The molecule has 2 aromatic rings. The molecule has 3 rings (SSSR count). The first-order chi connectivity index (χ1) is 16.2. The summed E-state index contributed by atoms with van der Waals surface area (Å²) in [7, 11) is 0. The molecule has 0 fully saturated rings. The van der Waals surface area contributed by atoms with Crippen molar-refractivity contribution in [3.05, 3.63) is 72.1 Å². The van der Waals surface area contributed by atoms with E-state index in [0.29, 0.717) is 29.2 Å². The SMILES string of the molecule is CCN(c1ccc(/N=C2\C=C(Nc3ccc(N(CC)C(C)C)cc3)C(=O)C=C2N)cc1)C(C)C. The lowest BCUT2D eigenvalue weighted by Gasteiger charge is -2.27. The van der Waals surface area contributed by atoms with Gasteiger partial charge in [-0.1, -0.05) is 0 Å². The highest BCUT2D eigenvalue weighted by atomic mass is 16.1. The molecule has 180 valence electrons. The van der Waals surface area contributed by atoms with Crippen LogP contribution in [0.25, 0.3) is 0 Å². The maximum Gasteiger partial charge on any atom is 0.204 e. The number of nitrogens with zero attached hydrogens (tertiary/aromatic N) is 3. The van der Waals surface area contributed by atoms with Gasteiger partial charge in [0.25, 0.3) is 0 Å². The molecular weight excluding hydrogens is 422 g/mol. The van der Waals surface area contributed by atoms with Crippen molar-refractivity contribution in [1.29, 1.82) is 0 Å². The Morgan fingerprint density at radius 2 is 1.32 bits per heavy atom. The second-order valence-corrected chi connectivity index (χ2v) is 8.97. The van der Waals surface area contributed by atoms with Gasteiger partial charge in [0.05, 0.1) is 22.8 Å². The van der Waals surface area contributed by atoms with Gasteiger partial charge in [0.2, 0.25) is 5.78 Å². The molecule has 0 aromatic heterocycles. The second kappa shape index (κ2) is 11.1. The molecule has 0 unspecified atom stereocenters. The maximum atomic E-state index is 12.6. The first-order valence-electron chi connectivity index (χ1n) is 12.1. The van der Waals surface area contributed by atoms with Crippen LogP contribution in [-0.4, -0.2) is 36.7 Å². The van der Waals surface area contributed by atoms with Crippen LogP contribution in [0, 0.1) is 0 Å². The van der Waals surface area contributed by atoms with Crippen LogP contribution < -0.4 is 20.9 Å². The normalized spacial score (nSPS) is 14.9. The molecule has 0 amide bonds. The first kappa shape index (κ1) is 25.1. The van der Waals surface area contributed by atoms with E-state index in [1.165, 1.54) is 6.08 Å². The zero-order chi connectivity index (χ0) is 24.8. The van der Waals surface area contributed by atoms with Crippen molar-refractivity contribution >= 4 is 34.2 Å². The van der Waals surface area contributed by atoms with Crippen molar-refractivity contribution in [2.75, 3.05) is 28.2 Å². The van der Waals surface area contributed by atoms with Crippen LogP contribution in [0.3, 0.4) is 0 Å². The number of ketones is 1. The average Bonchev–Trinajstić information content (AvgIpc) is 2.79. The highest BCUT2D eigenvalue weighted by Gasteiger charge is 2.18. The van der Waals surface area contributed by atoms with Crippen LogP contribution in [0.15, 0.2) is 77.1 Å². The third-order valence-corrected chi connectivity index (χ3v) is 5.97. The van der Waals surface area contributed by atoms with Crippen molar-refractivity contribution in [3.8, 4) is 0 Å². The number of rotatable bonds is 9. The second-order valence-electron chi connectivity index (χ2n) is 8.97. The molecule has 6 nitrogen and oxygen atoms in total. The van der Waals surface area contributed by atoms with Crippen LogP contribution in [0.1, 0.15) is 41.5 Å². The lowest BCUT2D eigenvalue weighted by molar-refractivity contribution is -0.111. The van der Waals surface area contributed by atoms with Gasteiger partial charge < -0.3 is 20.9 Å². The van der Waals surface area contributed by atoms with Crippen LogP contribution in [0.2, 0.25) is 0 Å². The van der Waals surface area contributed by atoms with E-state index in [0.717, 1.165) is 35.8 Å². The monoisotopic (exact) mass is 459 g/mol. The number of hydrogen-bond acceptors (Lipinski definition) is 6. The van der Waals surface area contributed by atoms with Crippen molar-refractivity contribution < 1.29 is 4.79 Å². The van der Waals surface area contributed by atoms with Gasteiger partial charge in [-0.3, -0.25) is 4.79 Å². The minimum atomic E-state index is -0.163. The van der Waals surface area contributed by atoms with E-state index in [1.807, 2.05) is 24.3 Å². The fourth-order valence-electron chi connectivity index (χ4n) is 4.22. The van der Waals surface area contributed by atoms with Gasteiger partial charge in [0.1, 0.15) is 0 Å². The van der Waals surface area contributed by atoms with Gasteiger partial charge in [0.15, 0.2) is 0 Å². The number of allylic oxidation sites excluding steroid dienone is 2. The zero-order valence-electron chi connectivity index (χ0n) is 21.2. The summed E-state index contributed by atoms with van der Waals surface area (Å²) >= 11 is 0. The standard InChI is InChI=1S/C28H37N5O/c1-7-32(19(3)4)23-13-9-21(10-14-23)30-26-18-27(28(34)17-25(26)29)31-22-11-15-24(16-12-22)33(8-2)20(5)6/h9-20,31H,7-8,29H2,1-6H3/b30-26+. The smallest absolute Gasteiger partial charge is 0.204 e. The van der Waals surface area contributed by atoms with Crippen molar-refractivity contribution in [2.45, 2.75) is 53.6 Å². The van der Waals surface area contributed by atoms with Gasteiger partial charge in [-0.25, -0.2) is 4.99 Å². The number of aliphatic imine (C=N–C) groups is 1. The van der Waals surface area contributed by atoms with Crippen LogP contribution >= 0.6 is 0 Å². The fourth-order valence-corrected chi connectivity index (χ4v) is 4.22. The summed E-state index contributed by atoms with van der Waals surface area (Å²) in [6, 6.07) is 17.0. The Morgan fingerprint density at radius 3 is 1.79 bits per heavy atom. The average molecular weight is 460 g/mol. The Hall–Kier alpha value is -3.54. The number of benzene rings is 2. The van der Waals surface area contributed by atoms with E-state index in [9.17, 15) is 4.79 Å². The van der Waals surface area contributed by atoms with Gasteiger partial charge in [-0.15, -0.1) is 0 Å². The Morgan fingerprint density at radius 1 is 0.824 bits per heavy atom. The van der Waals surface area contributed by atoms with Gasteiger partial charge >= 0.3 is 0 Å². The number of carbonyl (C=O) groups is 1. The quantitative estimate of drug-likeness (QED) is 0.474. The zero-order valence-corrected chi connectivity index (χ0v) is 21.2. The number of nitrogens with one attached hydrogen (secondary N) is 1. The summed E-state index contributed by atoms with van der Waals surface area (Å²) in [6.45, 7) is 14.9. The first-order valence-corrected chi connectivity index (χ1v) is 12.1. The molecule has 0 radical (unpaired) electrons. The molecular formula is C28H37N5O. The van der Waals surface area contributed by atoms with Gasteiger partial charge in [0, 0.05) is 48.3 Å². The lowest BCUT2D eigenvalue weighted by Crippen LogP contribution is -2.30. The molecule has 2 aromatic carbocycles. The molecule has 0 spiro atoms. The number of nitrogens with two attached hydrogens (primary N) is 1. The Balaban J connectivity index is 1.80. The molecule has 34 heavy (non-hydrogen) atoms. The van der Waals surface area contributed by atoms with Crippen molar-refractivity contribution in [2.24, 2.45) is 10.7 Å². The highest BCUT2D eigenvalue weighted by molar-refractivity contribution is 6.23. The Bertz CT molecular complexity index is 1080. The predicted molar refractivity (Wildman–Crippen MR) is 145 cm³/mol. The van der Waals surface area contributed by atoms with E-state index < -0.39 is 0 Å². The molecule has 1 aliphatic rings. The molecule has 0 saturated heterocycles. The molecule has 0 saturated carbocycles. The van der Waals surface area contributed by atoms with Crippen molar-refractivity contribution in [1.82, 2.24) is 0 Å². The summed E-state index contributed by atoms with van der Waals surface area (Å²) in [6.07, 6.45) is 3.15. The number of carbonyl (C=O) groups excluding carboxylic acids is 1. The van der Waals surface area contributed by atoms with Gasteiger partial charge in [-0.05, 0) is 96.1 Å². The summed E-state index contributed by atoms with van der Waals surface area (Å²) in [4.78, 5) is 21.9. The number of anilines is 3. The Kier molecular flexibility index (Phi) is 8.16. The maximum absolute atomic E-state index is 12.6. The van der Waals surface area contributed by atoms with Gasteiger partial charge in [-0.2, -0.15) is 0 Å². The Labute approximate surface area is 203 Å². The van der Waals surface area contributed by atoms with E-state index in [4.69, 9.17) is 10.7 Å². The van der Waals surface area contributed by atoms with Crippen molar-refractivity contribution in [3.63, 3.8) is 0 Å². The molecule has 0 bridgehead atoms. The van der Waals surface area contributed by atoms with E-state index >= 15 is 0 Å². The molecule has 0 heterocycles. The van der Waals surface area contributed by atoms with Crippen LogP contribution in [0.5, 0.6) is 0 Å². The largest absolute Gasteiger partial charge is 0.397 e. The predicted octanol–water partition coefficient (Wildman–Crippen LogP) is 5.65. The third-order valence-electron chi connectivity index (χ3n) is 5.97. The lowest BCUT2D eigenvalue weighted by atomic mass is 10.1. The van der Waals surface area contributed by atoms with E-state index in [1.54, 1.807) is 6.08 Å². The summed E-state index contributed by atoms with van der Waals surface area (Å²) in [5, 5.41) is 3.23. The molecule has 1 aliphatic carbocycles. The molecule has 6 heteroatoms. The molecule has 0 aliphatic heterocycles.